The van der Waals surface area contributed by atoms with Crippen molar-refractivity contribution in [2.75, 3.05) is 0 Å². The van der Waals surface area contributed by atoms with Crippen LogP contribution in [0.25, 0.3) is 0 Å². The average molecular weight is 299 g/mol. The molecule has 1 aromatic heterocycles. The van der Waals surface area contributed by atoms with Gasteiger partial charge in [0.15, 0.2) is 5.66 Å². The van der Waals surface area contributed by atoms with Crippen molar-refractivity contribution in [3.8, 4) is 12.3 Å². The number of aryl methyl sites for hydroxylation is 1. The van der Waals surface area contributed by atoms with Gasteiger partial charge in [-0.3, -0.25) is 9.48 Å². The molecule has 6 nitrogen and oxygen atoms in total. The van der Waals surface area contributed by atoms with E-state index in [2.05, 4.69) is 26.6 Å². The van der Waals surface area contributed by atoms with Gasteiger partial charge in [-0.05, 0) is 19.3 Å². The molecule has 22 heavy (non-hydrogen) atoms. The van der Waals surface area contributed by atoms with E-state index in [-0.39, 0.29) is 17.6 Å². The van der Waals surface area contributed by atoms with Gasteiger partial charge in [-0.1, -0.05) is 0 Å². The van der Waals surface area contributed by atoms with Crippen LogP contribution >= 0.6 is 0 Å². The predicted molar refractivity (Wildman–Crippen MR) is 81.9 cm³/mol. The molecular formula is C16H21N5O. The Hall–Kier alpha value is -2.16. The van der Waals surface area contributed by atoms with Crippen molar-refractivity contribution in [2.24, 2.45) is 17.3 Å². The Labute approximate surface area is 130 Å². The van der Waals surface area contributed by atoms with Gasteiger partial charge in [-0.2, -0.15) is 15.3 Å². The number of terminal acetylenes is 1. The zero-order chi connectivity index (χ0) is 15.6. The summed E-state index contributed by atoms with van der Waals surface area (Å²) in [5.41, 5.74) is 2.01. The molecule has 3 rings (SSSR count). The summed E-state index contributed by atoms with van der Waals surface area (Å²) < 4.78 is 1.91. The van der Waals surface area contributed by atoms with E-state index in [1.807, 2.05) is 17.9 Å². The molecule has 1 unspecified atom stereocenters. The van der Waals surface area contributed by atoms with Gasteiger partial charge in [0.05, 0.1) is 12.2 Å². The third-order valence-electron chi connectivity index (χ3n) is 4.52. The maximum absolute atomic E-state index is 12.2. The number of carbonyl (C=O) groups is 1. The van der Waals surface area contributed by atoms with Crippen LogP contribution in [0.5, 0.6) is 0 Å². The minimum absolute atomic E-state index is 0.0547. The second kappa shape index (κ2) is 5.91. The summed E-state index contributed by atoms with van der Waals surface area (Å²) in [5, 5.41) is 15.6. The van der Waals surface area contributed by atoms with E-state index in [1.165, 1.54) is 5.69 Å². The van der Waals surface area contributed by atoms with Crippen molar-refractivity contribution in [3.63, 3.8) is 0 Å². The Morgan fingerprint density at radius 3 is 3.09 bits per heavy atom. The van der Waals surface area contributed by atoms with Crippen LogP contribution in [0.15, 0.2) is 16.4 Å². The zero-order valence-electron chi connectivity index (χ0n) is 12.9. The summed E-state index contributed by atoms with van der Waals surface area (Å²) in [4.78, 5) is 12.2. The second-order valence-corrected chi connectivity index (χ2v) is 6.07. The molecule has 0 saturated carbocycles. The molecule has 2 aliphatic rings. The van der Waals surface area contributed by atoms with Crippen molar-refractivity contribution in [2.45, 2.75) is 56.7 Å². The number of aromatic nitrogens is 2. The summed E-state index contributed by atoms with van der Waals surface area (Å²) in [7, 11) is 1.95. The highest BCUT2D eigenvalue weighted by Crippen LogP contribution is 2.37. The number of amides is 1. The molecule has 2 heterocycles. The van der Waals surface area contributed by atoms with Gasteiger partial charge in [0.25, 0.3) is 0 Å². The Morgan fingerprint density at radius 1 is 1.55 bits per heavy atom. The van der Waals surface area contributed by atoms with Crippen LogP contribution in [0.4, 0.5) is 0 Å². The highest BCUT2D eigenvalue weighted by Gasteiger charge is 2.39. The van der Waals surface area contributed by atoms with Gasteiger partial charge in [-0.25, -0.2) is 0 Å². The molecular weight excluding hydrogens is 278 g/mol. The topological polar surface area (TPSA) is 71.6 Å². The summed E-state index contributed by atoms with van der Waals surface area (Å²) in [6, 6.07) is 0.0830. The highest BCUT2D eigenvalue weighted by atomic mass is 16.1. The van der Waals surface area contributed by atoms with E-state index >= 15 is 0 Å². The molecule has 6 heteroatoms. The van der Waals surface area contributed by atoms with Crippen LogP contribution in [0.3, 0.4) is 0 Å². The number of nitrogens with zero attached hydrogens (tertiary/aromatic N) is 4. The first kappa shape index (κ1) is 14.8. The first-order chi connectivity index (χ1) is 10.6. The fraction of sp³-hybridized carbons (Fsp3) is 0.625. The van der Waals surface area contributed by atoms with Crippen LogP contribution in [0, 0.1) is 12.3 Å². The first-order valence-electron chi connectivity index (χ1n) is 7.81. The molecule has 1 aliphatic carbocycles. The van der Waals surface area contributed by atoms with E-state index in [9.17, 15) is 4.79 Å². The highest BCUT2D eigenvalue weighted by molar-refractivity contribution is 5.76. The molecule has 1 amide bonds. The smallest absolute Gasteiger partial charge is 0.220 e. The lowest BCUT2D eigenvalue weighted by molar-refractivity contribution is -0.122. The van der Waals surface area contributed by atoms with Gasteiger partial charge in [0.1, 0.15) is 0 Å². The number of nitrogens with one attached hydrogen (secondary N) is 1. The van der Waals surface area contributed by atoms with E-state index in [0.29, 0.717) is 19.3 Å². The Bertz CT molecular complexity index is 633. The van der Waals surface area contributed by atoms with Gasteiger partial charge in [-0.15, -0.1) is 12.3 Å². The molecule has 0 spiro atoms. The average Bonchev–Trinajstić information content (AvgIpc) is 3.20. The van der Waals surface area contributed by atoms with E-state index in [4.69, 9.17) is 6.42 Å². The van der Waals surface area contributed by atoms with Crippen molar-refractivity contribution in [3.05, 3.63) is 17.5 Å². The van der Waals surface area contributed by atoms with Gasteiger partial charge >= 0.3 is 0 Å². The number of fused-ring (bicyclic) bond motifs is 1. The van der Waals surface area contributed by atoms with Crippen LogP contribution in [-0.4, -0.2) is 21.4 Å². The molecule has 0 bridgehead atoms. The number of carbonyl (C=O) groups excluding carboxylic acids is 1. The lowest BCUT2D eigenvalue weighted by Gasteiger charge is -2.24. The third kappa shape index (κ3) is 3.03. The van der Waals surface area contributed by atoms with Crippen molar-refractivity contribution >= 4 is 5.91 Å². The van der Waals surface area contributed by atoms with E-state index in [0.717, 1.165) is 31.2 Å². The molecule has 0 aromatic carbocycles. The molecule has 1 N–H and O–H groups in total. The maximum atomic E-state index is 12.2. The fourth-order valence-electron chi connectivity index (χ4n) is 3.10. The first-order valence-corrected chi connectivity index (χ1v) is 7.81. The van der Waals surface area contributed by atoms with Crippen molar-refractivity contribution in [1.82, 2.24) is 15.1 Å². The largest absolute Gasteiger partial charge is 0.349 e. The predicted octanol–water partition coefficient (Wildman–Crippen LogP) is 2.27. The molecule has 0 radical (unpaired) electrons. The van der Waals surface area contributed by atoms with Crippen LogP contribution in [-0.2, 0) is 18.3 Å². The number of hydrogen-bond acceptors (Lipinski definition) is 4. The Kier molecular flexibility index (Phi) is 3.97. The standard InChI is InChI=1S/C16H21N5O/c1-3-4-9-16(19-20-16)10-8-15(22)18-13-6-5-7-14-12(13)11-17-21(14)2/h1,11,13H,4-10H2,2H3,(H,18,22). The van der Waals surface area contributed by atoms with Gasteiger partial charge in [0.2, 0.25) is 5.91 Å². The quantitative estimate of drug-likeness (QED) is 0.818. The van der Waals surface area contributed by atoms with Crippen LogP contribution < -0.4 is 5.32 Å². The molecule has 1 aliphatic heterocycles. The monoisotopic (exact) mass is 299 g/mol. The summed E-state index contributed by atoms with van der Waals surface area (Å²) >= 11 is 0. The third-order valence-corrected chi connectivity index (χ3v) is 4.52. The molecule has 1 aromatic rings. The fourth-order valence-corrected chi connectivity index (χ4v) is 3.10. The van der Waals surface area contributed by atoms with Crippen molar-refractivity contribution < 1.29 is 4.79 Å². The lowest BCUT2D eigenvalue weighted by atomic mass is 9.92. The van der Waals surface area contributed by atoms with E-state index < -0.39 is 0 Å². The minimum atomic E-state index is -0.379. The van der Waals surface area contributed by atoms with Gasteiger partial charge in [0, 0.05) is 44.0 Å². The summed E-state index contributed by atoms with van der Waals surface area (Å²) in [6.07, 6.45) is 12.7. The van der Waals surface area contributed by atoms with E-state index in [1.54, 1.807) is 0 Å². The van der Waals surface area contributed by atoms with Crippen molar-refractivity contribution in [1.29, 1.82) is 0 Å². The summed E-state index contributed by atoms with van der Waals surface area (Å²) in [5.74, 6) is 2.66. The molecule has 116 valence electrons. The zero-order valence-corrected chi connectivity index (χ0v) is 12.9. The van der Waals surface area contributed by atoms with Crippen LogP contribution in [0.1, 0.15) is 55.8 Å². The number of rotatable bonds is 6. The molecule has 0 fully saturated rings. The minimum Gasteiger partial charge on any atom is -0.349 e. The van der Waals surface area contributed by atoms with Crippen LogP contribution in [0.2, 0.25) is 0 Å². The lowest BCUT2D eigenvalue weighted by Crippen LogP contribution is -2.31. The summed E-state index contributed by atoms with van der Waals surface area (Å²) in [6.45, 7) is 0. The molecule has 0 saturated heterocycles. The maximum Gasteiger partial charge on any atom is 0.220 e. The molecule has 1 atom stereocenters. The Balaban J connectivity index is 1.52. The SMILES string of the molecule is C#CCCC1(CCC(=O)NC2CCCc3c2cnn3C)N=N1. The van der Waals surface area contributed by atoms with Gasteiger partial charge < -0.3 is 5.32 Å². The second-order valence-electron chi connectivity index (χ2n) is 6.07. The number of hydrogen-bond donors (Lipinski definition) is 1. The Morgan fingerprint density at radius 2 is 2.36 bits per heavy atom. The normalized spacial score (nSPS) is 21.0.